The predicted octanol–water partition coefficient (Wildman–Crippen LogP) is 4.03. The SMILES string of the molecule is CC1CN(c2ccc(CNC(=O)Nc3cccc(C#Cc4ccccc4)c3)cn2)CCO1. The first-order valence-electron chi connectivity index (χ1n) is 10.7. The van der Waals surface area contributed by atoms with Gasteiger partial charge < -0.3 is 20.3 Å². The zero-order valence-electron chi connectivity index (χ0n) is 18.0. The van der Waals surface area contributed by atoms with Gasteiger partial charge in [0.25, 0.3) is 0 Å². The summed E-state index contributed by atoms with van der Waals surface area (Å²) in [6.45, 7) is 4.85. The molecule has 1 fully saturated rings. The molecule has 1 aliphatic heterocycles. The summed E-state index contributed by atoms with van der Waals surface area (Å²) >= 11 is 0. The van der Waals surface area contributed by atoms with Gasteiger partial charge in [-0.2, -0.15) is 0 Å². The predicted molar refractivity (Wildman–Crippen MR) is 127 cm³/mol. The van der Waals surface area contributed by atoms with Crippen LogP contribution in [-0.4, -0.2) is 36.8 Å². The quantitative estimate of drug-likeness (QED) is 0.619. The molecule has 0 aliphatic carbocycles. The van der Waals surface area contributed by atoms with E-state index in [0.29, 0.717) is 18.8 Å². The summed E-state index contributed by atoms with van der Waals surface area (Å²) in [5, 5.41) is 5.73. The standard InChI is InChI=1S/C26H26N4O2/c1-20-19-30(14-15-32-20)25-13-12-23(17-27-25)18-28-26(31)29-24-9-5-8-22(16-24)11-10-21-6-3-2-4-7-21/h2-9,12-13,16-17,20H,14-15,18-19H2,1H3,(H2,28,29,31). The van der Waals surface area contributed by atoms with E-state index in [2.05, 4.69) is 39.3 Å². The van der Waals surface area contributed by atoms with Crippen molar-refractivity contribution in [1.82, 2.24) is 10.3 Å². The van der Waals surface area contributed by atoms with E-state index in [1.807, 2.05) is 66.7 Å². The molecular weight excluding hydrogens is 400 g/mol. The second-order valence-electron chi connectivity index (χ2n) is 7.66. The van der Waals surface area contributed by atoms with Gasteiger partial charge in [-0.05, 0) is 48.9 Å². The van der Waals surface area contributed by atoms with Crippen LogP contribution in [0.5, 0.6) is 0 Å². The van der Waals surface area contributed by atoms with E-state index in [1.165, 1.54) is 0 Å². The number of morpholine rings is 1. The summed E-state index contributed by atoms with van der Waals surface area (Å²) in [7, 11) is 0. The molecule has 2 amide bonds. The lowest BCUT2D eigenvalue weighted by molar-refractivity contribution is 0.0529. The highest BCUT2D eigenvalue weighted by Crippen LogP contribution is 2.15. The molecular formula is C26H26N4O2. The molecule has 1 saturated heterocycles. The van der Waals surface area contributed by atoms with Crippen LogP contribution in [0.15, 0.2) is 72.9 Å². The Bertz CT molecular complexity index is 1100. The van der Waals surface area contributed by atoms with Crippen molar-refractivity contribution in [1.29, 1.82) is 0 Å². The highest BCUT2D eigenvalue weighted by molar-refractivity contribution is 5.89. The van der Waals surface area contributed by atoms with Crippen LogP contribution in [0.3, 0.4) is 0 Å². The molecule has 6 heteroatoms. The van der Waals surface area contributed by atoms with Gasteiger partial charge in [0.05, 0.1) is 12.7 Å². The molecule has 0 bridgehead atoms. The van der Waals surface area contributed by atoms with Crippen LogP contribution >= 0.6 is 0 Å². The maximum atomic E-state index is 12.3. The van der Waals surface area contributed by atoms with Crippen molar-refractivity contribution in [2.75, 3.05) is 29.9 Å². The monoisotopic (exact) mass is 426 g/mol. The van der Waals surface area contributed by atoms with Crippen LogP contribution in [0.1, 0.15) is 23.6 Å². The van der Waals surface area contributed by atoms with E-state index in [9.17, 15) is 4.79 Å². The van der Waals surface area contributed by atoms with Crippen molar-refractivity contribution in [2.45, 2.75) is 19.6 Å². The summed E-state index contributed by atoms with van der Waals surface area (Å²) in [4.78, 5) is 19.1. The van der Waals surface area contributed by atoms with Crippen LogP contribution < -0.4 is 15.5 Å². The van der Waals surface area contributed by atoms with Crippen molar-refractivity contribution in [3.8, 4) is 11.8 Å². The Morgan fingerprint density at radius 2 is 1.91 bits per heavy atom. The topological polar surface area (TPSA) is 66.5 Å². The average Bonchev–Trinajstić information content (AvgIpc) is 2.83. The third-order valence-electron chi connectivity index (χ3n) is 5.07. The number of urea groups is 1. The third kappa shape index (κ3) is 6.10. The highest BCUT2D eigenvalue weighted by Gasteiger charge is 2.17. The average molecular weight is 427 g/mol. The van der Waals surface area contributed by atoms with Gasteiger partial charge in [0.2, 0.25) is 0 Å². The smallest absolute Gasteiger partial charge is 0.319 e. The number of rotatable bonds is 4. The minimum atomic E-state index is -0.274. The Hall–Kier alpha value is -3.82. The second-order valence-corrected chi connectivity index (χ2v) is 7.66. The van der Waals surface area contributed by atoms with Crippen molar-refractivity contribution in [3.05, 3.63) is 89.6 Å². The molecule has 0 spiro atoms. The lowest BCUT2D eigenvalue weighted by Crippen LogP contribution is -2.41. The molecule has 2 heterocycles. The summed E-state index contributed by atoms with van der Waals surface area (Å²) < 4.78 is 5.58. The Morgan fingerprint density at radius 3 is 2.69 bits per heavy atom. The van der Waals surface area contributed by atoms with E-state index in [0.717, 1.165) is 35.6 Å². The molecule has 162 valence electrons. The van der Waals surface area contributed by atoms with Crippen LogP contribution in [0.4, 0.5) is 16.3 Å². The lowest BCUT2D eigenvalue weighted by atomic mass is 10.1. The number of hydrogen-bond acceptors (Lipinski definition) is 4. The fraction of sp³-hybridized carbons (Fsp3) is 0.231. The fourth-order valence-electron chi connectivity index (χ4n) is 3.43. The minimum absolute atomic E-state index is 0.207. The number of nitrogens with one attached hydrogen (secondary N) is 2. The number of benzene rings is 2. The highest BCUT2D eigenvalue weighted by atomic mass is 16.5. The maximum Gasteiger partial charge on any atom is 0.319 e. The second kappa shape index (κ2) is 10.5. The summed E-state index contributed by atoms with van der Waals surface area (Å²) in [5.74, 6) is 7.18. The molecule has 1 aliphatic rings. The Kier molecular flexibility index (Phi) is 7.01. The molecule has 32 heavy (non-hydrogen) atoms. The first-order chi connectivity index (χ1) is 15.7. The number of carbonyl (C=O) groups is 1. The van der Waals surface area contributed by atoms with E-state index in [1.54, 1.807) is 6.20 Å². The molecule has 1 unspecified atom stereocenters. The molecule has 0 radical (unpaired) electrons. The lowest BCUT2D eigenvalue weighted by Gasteiger charge is -2.32. The van der Waals surface area contributed by atoms with Crippen LogP contribution in [0.2, 0.25) is 0 Å². The van der Waals surface area contributed by atoms with Crippen molar-refractivity contribution < 1.29 is 9.53 Å². The number of ether oxygens (including phenoxy) is 1. The van der Waals surface area contributed by atoms with E-state index < -0.39 is 0 Å². The van der Waals surface area contributed by atoms with Crippen LogP contribution in [0.25, 0.3) is 0 Å². The number of anilines is 2. The zero-order valence-corrected chi connectivity index (χ0v) is 18.0. The first kappa shape index (κ1) is 21.4. The number of aromatic nitrogens is 1. The van der Waals surface area contributed by atoms with Gasteiger partial charge in [0, 0.05) is 42.6 Å². The van der Waals surface area contributed by atoms with Crippen molar-refractivity contribution in [3.63, 3.8) is 0 Å². The third-order valence-corrected chi connectivity index (χ3v) is 5.07. The molecule has 1 aromatic heterocycles. The van der Waals surface area contributed by atoms with Crippen LogP contribution in [-0.2, 0) is 11.3 Å². The van der Waals surface area contributed by atoms with E-state index in [4.69, 9.17) is 4.74 Å². The number of pyridine rings is 1. The van der Waals surface area contributed by atoms with Gasteiger partial charge in [-0.1, -0.05) is 42.2 Å². The number of carbonyl (C=O) groups excluding carboxylic acids is 1. The molecule has 6 nitrogen and oxygen atoms in total. The van der Waals surface area contributed by atoms with Gasteiger partial charge >= 0.3 is 6.03 Å². The molecule has 3 aromatic rings. The van der Waals surface area contributed by atoms with Crippen LogP contribution in [0, 0.1) is 11.8 Å². The fourth-order valence-corrected chi connectivity index (χ4v) is 3.43. The molecule has 2 aromatic carbocycles. The van der Waals surface area contributed by atoms with Gasteiger partial charge in [0.15, 0.2) is 0 Å². The van der Waals surface area contributed by atoms with E-state index in [-0.39, 0.29) is 12.1 Å². The Labute approximate surface area is 188 Å². The largest absolute Gasteiger partial charge is 0.375 e. The van der Waals surface area contributed by atoms with E-state index >= 15 is 0 Å². The number of amides is 2. The summed E-state index contributed by atoms with van der Waals surface area (Å²) in [6.07, 6.45) is 2.01. The van der Waals surface area contributed by atoms with Gasteiger partial charge in [-0.3, -0.25) is 0 Å². The van der Waals surface area contributed by atoms with Crippen molar-refractivity contribution >= 4 is 17.5 Å². The minimum Gasteiger partial charge on any atom is -0.375 e. The number of nitrogens with zero attached hydrogens (tertiary/aromatic N) is 2. The maximum absolute atomic E-state index is 12.3. The Balaban J connectivity index is 1.29. The summed E-state index contributed by atoms with van der Waals surface area (Å²) in [5.41, 5.74) is 3.42. The molecule has 2 N–H and O–H groups in total. The molecule has 0 saturated carbocycles. The molecule has 1 atom stereocenters. The molecule has 4 rings (SSSR count). The normalized spacial score (nSPS) is 15.4. The van der Waals surface area contributed by atoms with Gasteiger partial charge in [0.1, 0.15) is 5.82 Å². The Morgan fingerprint density at radius 1 is 1.09 bits per heavy atom. The van der Waals surface area contributed by atoms with Crippen molar-refractivity contribution in [2.24, 2.45) is 0 Å². The zero-order chi connectivity index (χ0) is 22.2. The van der Waals surface area contributed by atoms with Gasteiger partial charge in [-0.25, -0.2) is 9.78 Å². The summed E-state index contributed by atoms with van der Waals surface area (Å²) in [6, 6.07) is 21.0. The van der Waals surface area contributed by atoms with Gasteiger partial charge in [-0.15, -0.1) is 0 Å². The number of hydrogen-bond donors (Lipinski definition) is 2. The first-order valence-corrected chi connectivity index (χ1v) is 10.7.